The van der Waals surface area contributed by atoms with E-state index in [9.17, 15) is 0 Å². The highest BCUT2D eigenvalue weighted by molar-refractivity contribution is 6.11. The highest BCUT2D eigenvalue weighted by atomic mass is 16.3. The van der Waals surface area contributed by atoms with Gasteiger partial charge in [0.05, 0.1) is 11.0 Å². The minimum atomic E-state index is 0.902. The predicted molar refractivity (Wildman–Crippen MR) is 231 cm³/mol. The molecule has 55 heavy (non-hydrogen) atoms. The first kappa shape index (κ1) is 31.4. The van der Waals surface area contributed by atoms with Gasteiger partial charge in [-0.05, 0) is 107 Å². The van der Waals surface area contributed by atoms with Gasteiger partial charge < -0.3 is 13.9 Å². The third-order valence-corrected chi connectivity index (χ3v) is 11.3. The van der Waals surface area contributed by atoms with Crippen molar-refractivity contribution in [1.29, 1.82) is 0 Å². The Morgan fingerprint density at radius 1 is 0.455 bits per heavy atom. The van der Waals surface area contributed by atoms with Gasteiger partial charge in [0.15, 0.2) is 0 Å². The van der Waals surface area contributed by atoms with Gasteiger partial charge in [0.1, 0.15) is 11.2 Å². The van der Waals surface area contributed by atoms with E-state index in [1.54, 1.807) is 0 Å². The Bertz CT molecular complexity index is 3140. The summed E-state index contributed by atoms with van der Waals surface area (Å²) in [5.41, 5.74) is 13.9. The summed E-state index contributed by atoms with van der Waals surface area (Å²) in [6.07, 6.45) is 6.42. The summed E-state index contributed by atoms with van der Waals surface area (Å²) in [6, 6.07) is 65.6. The molecule has 0 saturated carbocycles. The Balaban J connectivity index is 0.990. The summed E-state index contributed by atoms with van der Waals surface area (Å²) in [6.45, 7) is 0. The molecule has 260 valence electrons. The number of benzene rings is 8. The molecule has 0 fully saturated rings. The first-order valence-corrected chi connectivity index (χ1v) is 19.1. The predicted octanol–water partition coefficient (Wildman–Crippen LogP) is 14.4. The summed E-state index contributed by atoms with van der Waals surface area (Å²) in [5.74, 6) is 0. The zero-order valence-corrected chi connectivity index (χ0v) is 30.2. The van der Waals surface area contributed by atoms with Gasteiger partial charge in [-0.25, -0.2) is 0 Å². The van der Waals surface area contributed by atoms with Crippen LogP contribution in [0, 0.1) is 0 Å². The van der Waals surface area contributed by atoms with Crippen molar-refractivity contribution in [2.75, 3.05) is 4.90 Å². The molecule has 0 saturated heterocycles. The quantitative estimate of drug-likeness (QED) is 0.172. The van der Waals surface area contributed by atoms with Gasteiger partial charge in [-0.3, -0.25) is 0 Å². The lowest BCUT2D eigenvalue weighted by Gasteiger charge is -2.30. The lowest BCUT2D eigenvalue weighted by Crippen LogP contribution is -2.17. The maximum Gasteiger partial charge on any atom is 0.142 e. The fraction of sp³-hybridized carbons (Fsp3) is 0.0385. The molecule has 10 aromatic rings. The Labute approximate surface area is 319 Å². The first-order valence-electron chi connectivity index (χ1n) is 19.1. The number of furan rings is 1. The molecule has 0 bridgehead atoms. The highest BCUT2D eigenvalue weighted by Gasteiger charge is 2.21. The van der Waals surface area contributed by atoms with E-state index in [2.05, 4.69) is 198 Å². The van der Waals surface area contributed by atoms with E-state index in [0.29, 0.717) is 0 Å². The van der Waals surface area contributed by atoms with Gasteiger partial charge in [0.25, 0.3) is 0 Å². The number of para-hydroxylation sites is 4. The largest absolute Gasteiger partial charge is 0.455 e. The van der Waals surface area contributed by atoms with Crippen LogP contribution in [0.3, 0.4) is 0 Å². The number of hydrogen-bond donors (Lipinski definition) is 0. The maximum atomic E-state index is 6.43. The van der Waals surface area contributed by atoms with E-state index in [-0.39, 0.29) is 0 Å². The van der Waals surface area contributed by atoms with E-state index in [0.717, 1.165) is 40.8 Å². The van der Waals surface area contributed by atoms with Crippen molar-refractivity contribution in [1.82, 2.24) is 4.57 Å². The van der Waals surface area contributed by atoms with Crippen molar-refractivity contribution in [2.24, 2.45) is 0 Å². The van der Waals surface area contributed by atoms with E-state index in [1.807, 2.05) is 6.07 Å². The molecule has 0 aliphatic heterocycles. The van der Waals surface area contributed by atoms with Crippen molar-refractivity contribution < 1.29 is 4.42 Å². The number of rotatable bonds is 6. The van der Waals surface area contributed by atoms with Crippen molar-refractivity contribution in [3.05, 3.63) is 205 Å². The SMILES string of the molecule is C1=C(c2cccc3c2oc2ccccc23)CCC(N(c2ccc(-c3ccc4c(c3)c3ccccc3n4-c3ccccc3)cc2)c2ccc3ccccc3c2)=C1. The van der Waals surface area contributed by atoms with Gasteiger partial charge in [0, 0.05) is 49.9 Å². The van der Waals surface area contributed by atoms with Crippen molar-refractivity contribution in [3.8, 4) is 16.8 Å². The second-order valence-electron chi connectivity index (χ2n) is 14.5. The van der Waals surface area contributed by atoms with E-state index in [4.69, 9.17) is 4.42 Å². The lowest BCUT2D eigenvalue weighted by atomic mass is 9.93. The molecule has 3 heteroatoms. The molecule has 2 heterocycles. The van der Waals surface area contributed by atoms with Gasteiger partial charge in [-0.15, -0.1) is 0 Å². The lowest BCUT2D eigenvalue weighted by molar-refractivity contribution is 0.667. The van der Waals surface area contributed by atoms with Gasteiger partial charge in [0.2, 0.25) is 0 Å². The zero-order valence-electron chi connectivity index (χ0n) is 30.2. The average molecular weight is 705 g/mol. The number of hydrogen-bond acceptors (Lipinski definition) is 2. The summed E-state index contributed by atoms with van der Waals surface area (Å²) in [4.78, 5) is 2.43. The second-order valence-corrected chi connectivity index (χ2v) is 14.5. The molecule has 1 aliphatic carbocycles. The van der Waals surface area contributed by atoms with Crippen molar-refractivity contribution in [3.63, 3.8) is 0 Å². The van der Waals surface area contributed by atoms with Crippen LogP contribution in [-0.4, -0.2) is 4.57 Å². The molecule has 0 unspecified atom stereocenters. The molecule has 0 N–H and O–H groups in total. The van der Waals surface area contributed by atoms with Crippen LogP contribution in [0.2, 0.25) is 0 Å². The minimum absolute atomic E-state index is 0.902. The van der Waals surface area contributed by atoms with Gasteiger partial charge in [-0.1, -0.05) is 127 Å². The third kappa shape index (κ3) is 5.27. The normalized spacial score (nSPS) is 13.2. The molecule has 0 atom stereocenters. The Kier molecular flexibility index (Phi) is 7.31. The van der Waals surface area contributed by atoms with Crippen molar-refractivity contribution in [2.45, 2.75) is 12.8 Å². The molecule has 0 spiro atoms. The second kappa shape index (κ2) is 12.8. The van der Waals surface area contributed by atoms with Crippen LogP contribution < -0.4 is 4.90 Å². The van der Waals surface area contributed by atoms with Crippen LogP contribution in [0.25, 0.3) is 76.9 Å². The third-order valence-electron chi connectivity index (χ3n) is 11.3. The molecule has 8 aromatic carbocycles. The Morgan fingerprint density at radius 3 is 2.02 bits per heavy atom. The molecular formula is C52H36N2O. The van der Waals surface area contributed by atoms with Crippen LogP contribution in [0.1, 0.15) is 18.4 Å². The average Bonchev–Trinajstić information content (AvgIpc) is 3.80. The van der Waals surface area contributed by atoms with Gasteiger partial charge in [-0.2, -0.15) is 0 Å². The van der Waals surface area contributed by atoms with Crippen LogP contribution in [0.4, 0.5) is 11.4 Å². The minimum Gasteiger partial charge on any atom is -0.455 e. The zero-order chi connectivity index (χ0) is 36.3. The monoisotopic (exact) mass is 704 g/mol. The number of fused-ring (bicyclic) bond motifs is 7. The first-order chi connectivity index (χ1) is 27.3. The molecule has 11 rings (SSSR count). The molecule has 3 nitrogen and oxygen atoms in total. The number of allylic oxidation sites excluding steroid dienone is 4. The molecule has 0 amide bonds. The summed E-state index contributed by atoms with van der Waals surface area (Å²) >= 11 is 0. The molecular weight excluding hydrogens is 669 g/mol. The van der Waals surface area contributed by atoms with E-state index in [1.165, 1.54) is 71.6 Å². The Morgan fingerprint density at radius 2 is 1.16 bits per heavy atom. The van der Waals surface area contributed by atoms with Crippen molar-refractivity contribution >= 4 is 71.5 Å². The number of nitrogens with zero attached hydrogens (tertiary/aromatic N) is 2. The Hall–Kier alpha value is -7.10. The summed E-state index contributed by atoms with van der Waals surface area (Å²) in [5, 5.41) is 7.32. The topological polar surface area (TPSA) is 21.3 Å². The summed E-state index contributed by atoms with van der Waals surface area (Å²) < 4.78 is 8.80. The molecule has 0 radical (unpaired) electrons. The molecule has 2 aromatic heterocycles. The fourth-order valence-electron chi connectivity index (χ4n) is 8.64. The number of aromatic nitrogens is 1. The molecule has 1 aliphatic rings. The summed E-state index contributed by atoms with van der Waals surface area (Å²) in [7, 11) is 0. The van der Waals surface area contributed by atoms with E-state index < -0.39 is 0 Å². The number of anilines is 2. The fourth-order valence-corrected chi connectivity index (χ4v) is 8.64. The highest BCUT2D eigenvalue weighted by Crippen LogP contribution is 2.41. The van der Waals surface area contributed by atoms with Crippen LogP contribution >= 0.6 is 0 Å². The van der Waals surface area contributed by atoms with Crippen LogP contribution in [-0.2, 0) is 0 Å². The standard InChI is InChI=1S/C52H36N2O/c1-2-13-40(14-3-1)54-49-19-8-6-15-45(49)48-34-39(26-32-50(48)54)36-21-27-41(28-22-36)53(43-31-23-35-11-4-5-12-38(35)33-43)42-29-24-37(25-30-42)44-17-10-18-47-46-16-7-9-20-51(46)55-52(44)47/h1-24,26-29,31-34H,25,30H2. The van der Waals surface area contributed by atoms with Crippen LogP contribution in [0.5, 0.6) is 0 Å². The van der Waals surface area contributed by atoms with Gasteiger partial charge >= 0.3 is 0 Å². The maximum absolute atomic E-state index is 6.43. The van der Waals surface area contributed by atoms with Crippen LogP contribution in [0.15, 0.2) is 204 Å². The smallest absolute Gasteiger partial charge is 0.142 e. The van der Waals surface area contributed by atoms with E-state index >= 15 is 0 Å².